The maximum Gasteiger partial charge on any atom is 0.0795 e. The molecule has 3 rings (SSSR count). The second-order valence-electron chi connectivity index (χ2n) is 4.09. The molecule has 0 bridgehead atoms. The summed E-state index contributed by atoms with van der Waals surface area (Å²) in [6.45, 7) is 0. The molecule has 0 radical (unpaired) electrons. The molecule has 3 aromatic rings. The zero-order chi connectivity index (χ0) is 12.4. The average Bonchev–Trinajstić information content (AvgIpc) is 2.93. The van der Waals surface area contributed by atoms with Gasteiger partial charge in [0.05, 0.1) is 22.8 Å². The van der Waals surface area contributed by atoms with Crippen molar-refractivity contribution in [1.29, 1.82) is 0 Å². The monoisotopic (exact) mass is 255 g/mol. The zero-order valence-corrected chi connectivity index (χ0v) is 10.8. The molecule has 1 N–H and O–H groups in total. The van der Waals surface area contributed by atoms with Crippen LogP contribution in [0.4, 0.5) is 0 Å². The van der Waals surface area contributed by atoms with Crippen molar-refractivity contribution in [3.8, 4) is 0 Å². The Morgan fingerprint density at radius 1 is 1.22 bits per heavy atom. The molecule has 0 saturated heterocycles. The second kappa shape index (κ2) is 4.84. The van der Waals surface area contributed by atoms with E-state index in [4.69, 9.17) is 0 Å². The molecule has 18 heavy (non-hydrogen) atoms. The van der Waals surface area contributed by atoms with Crippen molar-refractivity contribution >= 4 is 22.2 Å². The molecule has 0 fully saturated rings. The normalized spacial score (nSPS) is 12.7. The number of nitrogens with one attached hydrogen (secondary N) is 1. The highest BCUT2D eigenvalue weighted by Gasteiger charge is 2.14. The van der Waals surface area contributed by atoms with E-state index in [9.17, 15) is 0 Å². The van der Waals surface area contributed by atoms with Crippen molar-refractivity contribution in [3.05, 3.63) is 58.7 Å². The molecule has 90 valence electrons. The highest BCUT2D eigenvalue weighted by molar-refractivity contribution is 7.07. The van der Waals surface area contributed by atoms with Crippen LogP contribution < -0.4 is 5.32 Å². The fraction of sp³-hybridized carbons (Fsp3) is 0.143. The van der Waals surface area contributed by atoms with Crippen LogP contribution in [0.5, 0.6) is 0 Å². The predicted molar refractivity (Wildman–Crippen MR) is 74.8 cm³/mol. The summed E-state index contributed by atoms with van der Waals surface area (Å²) in [4.78, 5) is 8.77. The summed E-state index contributed by atoms with van der Waals surface area (Å²) in [6, 6.07) is 10.5. The van der Waals surface area contributed by atoms with Crippen molar-refractivity contribution in [2.45, 2.75) is 6.04 Å². The first kappa shape index (κ1) is 11.3. The number of thiazole rings is 1. The number of hydrogen-bond donors (Lipinski definition) is 1. The lowest BCUT2D eigenvalue weighted by Gasteiger charge is -2.14. The Hall–Kier alpha value is -1.78. The number of hydrogen-bond acceptors (Lipinski definition) is 4. The van der Waals surface area contributed by atoms with Gasteiger partial charge in [-0.25, -0.2) is 4.98 Å². The van der Waals surface area contributed by atoms with Gasteiger partial charge in [-0.3, -0.25) is 4.98 Å². The highest BCUT2D eigenvalue weighted by atomic mass is 32.1. The zero-order valence-electron chi connectivity index (χ0n) is 10.00. The summed E-state index contributed by atoms with van der Waals surface area (Å²) in [6.07, 6.45) is 1.82. The topological polar surface area (TPSA) is 37.8 Å². The van der Waals surface area contributed by atoms with Crippen LogP contribution in [-0.4, -0.2) is 17.0 Å². The standard InChI is InChI=1S/C14H13N3S/c1-15-14(13-8-18-9-17-13)11-5-4-10-3-2-6-16-12(10)7-11/h2-9,14-15H,1H3. The molecule has 4 heteroatoms. The van der Waals surface area contributed by atoms with Crippen molar-refractivity contribution in [2.24, 2.45) is 0 Å². The van der Waals surface area contributed by atoms with E-state index in [0.29, 0.717) is 0 Å². The second-order valence-corrected chi connectivity index (χ2v) is 4.81. The van der Waals surface area contributed by atoms with Crippen LogP contribution >= 0.6 is 11.3 Å². The number of benzene rings is 1. The molecule has 0 amide bonds. The summed E-state index contributed by atoms with van der Waals surface area (Å²) in [5.74, 6) is 0. The van der Waals surface area contributed by atoms with Gasteiger partial charge in [0.15, 0.2) is 0 Å². The lowest BCUT2D eigenvalue weighted by molar-refractivity contribution is 0.676. The number of pyridine rings is 1. The van der Waals surface area contributed by atoms with Gasteiger partial charge in [-0.05, 0) is 24.7 Å². The SMILES string of the molecule is CNC(c1ccc2cccnc2c1)c1cscn1. The molecule has 0 aliphatic heterocycles. The lowest BCUT2D eigenvalue weighted by Crippen LogP contribution is -2.17. The van der Waals surface area contributed by atoms with Gasteiger partial charge in [-0.1, -0.05) is 18.2 Å². The number of nitrogens with zero attached hydrogens (tertiary/aromatic N) is 2. The summed E-state index contributed by atoms with van der Waals surface area (Å²) in [7, 11) is 1.95. The third-order valence-electron chi connectivity index (χ3n) is 3.00. The van der Waals surface area contributed by atoms with Crippen LogP contribution in [0.1, 0.15) is 17.3 Å². The van der Waals surface area contributed by atoms with Gasteiger partial charge >= 0.3 is 0 Å². The van der Waals surface area contributed by atoms with E-state index < -0.39 is 0 Å². The van der Waals surface area contributed by atoms with Gasteiger partial charge in [-0.2, -0.15) is 0 Å². The van der Waals surface area contributed by atoms with E-state index in [2.05, 4.69) is 44.9 Å². The van der Waals surface area contributed by atoms with Crippen molar-refractivity contribution in [3.63, 3.8) is 0 Å². The van der Waals surface area contributed by atoms with Gasteiger partial charge in [0, 0.05) is 17.0 Å². The minimum Gasteiger partial charge on any atom is -0.308 e. The van der Waals surface area contributed by atoms with Crippen LogP contribution in [0, 0.1) is 0 Å². The van der Waals surface area contributed by atoms with E-state index in [1.165, 1.54) is 5.56 Å². The van der Waals surface area contributed by atoms with E-state index in [1.807, 2.05) is 24.8 Å². The number of rotatable bonds is 3. The molecular formula is C14H13N3S. The fourth-order valence-electron chi connectivity index (χ4n) is 2.11. The van der Waals surface area contributed by atoms with E-state index in [-0.39, 0.29) is 6.04 Å². The van der Waals surface area contributed by atoms with Crippen LogP contribution in [0.15, 0.2) is 47.4 Å². The first-order chi connectivity index (χ1) is 8.88. The summed E-state index contributed by atoms with van der Waals surface area (Å²) in [5, 5.41) is 6.54. The quantitative estimate of drug-likeness (QED) is 0.781. The molecular weight excluding hydrogens is 242 g/mol. The molecule has 2 heterocycles. The summed E-state index contributed by atoms with van der Waals surface area (Å²) in [5.41, 5.74) is 5.12. The van der Waals surface area contributed by atoms with Gasteiger partial charge < -0.3 is 5.32 Å². The van der Waals surface area contributed by atoms with Crippen molar-refractivity contribution < 1.29 is 0 Å². The third-order valence-corrected chi connectivity index (χ3v) is 3.60. The molecule has 1 atom stereocenters. The smallest absolute Gasteiger partial charge is 0.0795 e. The first-order valence-corrected chi connectivity index (χ1v) is 6.73. The van der Waals surface area contributed by atoms with Crippen molar-refractivity contribution in [2.75, 3.05) is 7.05 Å². The van der Waals surface area contributed by atoms with Crippen LogP contribution in [-0.2, 0) is 0 Å². The summed E-state index contributed by atoms with van der Waals surface area (Å²) >= 11 is 1.61. The van der Waals surface area contributed by atoms with Crippen LogP contribution in [0.25, 0.3) is 10.9 Å². The third kappa shape index (κ3) is 2.00. The van der Waals surface area contributed by atoms with Crippen LogP contribution in [0.3, 0.4) is 0 Å². The number of aromatic nitrogens is 2. The maximum absolute atomic E-state index is 4.39. The van der Waals surface area contributed by atoms with E-state index in [0.717, 1.165) is 16.6 Å². The molecule has 3 nitrogen and oxygen atoms in total. The van der Waals surface area contributed by atoms with Gasteiger partial charge in [0.25, 0.3) is 0 Å². The molecule has 2 aromatic heterocycles. The highest BCUT2D eigenvalue weighted by Crippen LogP contribution is 2.24. The fourth-order valence-corrected chi connectivity index (χ4v) is 2.69. The minimum absolute atomic E-state index is 0.127. The molecule has 1 unspecified atom stereocenters. The molecule has 1 aromatic carbocycles. The van der Waals surface area contributed by atoms with Crippen molar-refractivity contribution in [1.82, 2.24) is 15.3 Å². The predicted octanol–water partition coefficient (Wildman–Crippen LogP) is 3.00. The Bertz CT molecular complexity index is 649. The molecule has 0 saturated carbocycles. The van der Waals surface area contributed by atoms with Gasteiger partial charge in [-0.15, -0.1) is 11.3 Å². The Morgan fingerprint density at radius 3 is 2.94 bits per heavy atom. The Labute approximate surface area is 110 Å². The molecule has 0 spiro atoms. The Balaban J connectivity index is 2.07. The largest absolute Gasteiger partial charge is 0.308 e. The van der Waals surface area contributed by atoms with Gasteiger partial charge in [0.2, 0.25) is 0 Å². The first-order valence-electron chi connectivity index (χ1n) is 5.78. The number of fused-ring (bicyclic) bond motifs is 1. The van der Waals surface area contributed by atoms with Crippen LogP contribution in [0.2, 0.25) is 0 Å². The van der Waals surface area contributed by atoms with E-state index >= 15 is 0 Å². The Kier molecular flexibility index (Phi) is 3.04. The van der Waals surface area contributed by atoms with Gasteiger partial charge in [0.1, 0.15) is 0 Å². The molecule has 0 aliphatic rings. The average molecular weight is 255 g/mol. The summed E-state index contributed by atoms with van der Waals surface area (Å²) < 4.78 is 0. The van der Waals surface area contributed by atoms with E-state index in [1.54, 1.807) is 11.3 Å². The molecule has 0 aliphatic carbocycles. The minimum atomic E-state index is 0.127. The Morgan fingerprint density at radius 2 is 2.17 bits per heavy atom. The lowest BCUT2D eigenvalue weighted by atomic mass is 10.0. The maximum atomic E-state index is 4.39.